The zero-order valence-corrected chi connectivity index (χ0v) is 22.1. The Labute approximate surface area is 205 Å². The van der Waals surface area contributed by atoms with Crippen molar-refractivity contribution in [2.45, 2.75) is 118 Å². The molecule has 0 aromatic heterocycles. The van der Waals surface area contributed by atoms with Gasteiger partial charge in [0.05, 0.1) is 12.2 Å². The van der Waals surface area contributed by atoms with E-state index in [2.05, 4.69) is 34.6 Å². The van der Waals surface area contributed by atoms with Crippen molar-refractivity contribution in [1.29, 1.82) is 0 Å². The molecule has 0 radical (unpaired) electrons. The van der Waals surface area contributed by atoms with E-state index >= 15 is 4.39 Å². The molecule has 0 heterocycles. The maximum absolute atomic E-state index is 15.1. The predicted molar refractivity (Wildman–Crippen MR) is 134 cm³/mol. The minimum absolute atomic E-state index is 0.0344. The molecule has 1 fully saturated rings. The highest BCUT2D eigenvalue weighted by Crippen LogP contribution is 2.70. The average molecular weight is 479 g/mol. The summed E-state index contributed by atoms with van der Waals surface area (Å²) in [5.41, 5.74) is 2.86. The highest BCUT2D eigenvalue weighted by molar-refractivity contribution is 5.79. The third-order valence-electron chi connectivity index (χ3n) is 10.9. The largest absolute Gasteiger partial charge is 0.478 e. The number of fused-ring (bicyclic) bond motifs is 2. The van der Waals surface area contributed by atoms with Gasteiger partial charge < -0.3 is 15.3 Å². The van der Waals surface area contributed by atoms with Crippen LogP contribution >= 0.6 is 0 Å². The van der Waals surface area contributed by atoms with Crippen LogP contribution in [0, 0.1) is 34.0 Å². The Morgan fingerprint density at radius 1 is 1.12 bits per heavy atom. The van der Waals surface area contributed by atoms with Crippen LogP contribution in [0.4, 0.5) is 4.39 Å². The van der Waals surface area contributed by atoms with E-state index in [4.69, 9.17) is 5.11 Å². The van der Waals surface area contributed by atoms with Crippen LogP contribution < -0.4 is 0 Å². The van der Waals surface area contributed by atoms with Crippen LogP contribution in [-0.2, 0) is 4.79 Å². The van der Waals surface area contributed by atoms with Crippen molar-refractivity contribution in [3.05, 3.63) is 23.3 Å². The predicted octanol–water partition coefficient (Wildman–Crippen LogP) is 6.46. The number of halogens is 1. The summed E-state index contributed by atoms with van der Waals surface area (Å²) in [6.45, 7) is 13.3. The van der Waals surface area contributed by atoms with Crippen molar-refractivity contribution in [3.8, 4) is 0 Å². The summed E-state index contributed by atoms with van der Waals surface area (Å²) in [7, 11) is 0. The van der Waals surface area contributed by atoms with Gasteiger partial charge in [0.2, 0.25) is 0 Å². The molecule has 0 aliphatic heterocycles. The van der Waals surface area contributed by atoms with Crippen LogP contribution in [0.1, 0.15) is 99.3 Å². The molecule has 0 saturated heterocycles. The third kappa shape index (κ3) is 4.52. The minimum atomic E-state index is -1.20. The molecule has 1 saturated carbocycles. The van der Waals surface area contributed by atoms with Crippen molar-refractivity contribution < 1.29 is 24.5 Å². The summed E-state index contributed by atoms with van der Waals surface area (Å²) in [6.07, 6.45) is 7.47. The number of allylic oxidation sites excluding steroid dienone is 2. The highest BCUT2D eigenvalue weighted by Gasteiger charge is 2.61. The zero-order chi connectivity index (χ0) is 25.5. The van der Waals surface area contributed by atoms with Gasteiger partial charge in [-0.05, 0) is 91.8 Å². The summed E-state index contributed by atoms with van der Waals surface area (Å²) in [5.74, 6) is -0.151. The van der Waals surface area contributed by atoms with Crippen molar-refractivity contribution in [2.75, 3.05) is 0 Å². The van der Waals surface area contributed by atoms with E-state index < -0.39 is 24.3 Å². The van der Waals surface area contributed by atoms with Crippen LogP contribution in [0.25, 0.3) is 0 Å². The summed E-state index contributed by atoms with van der Waals surface area (Å²) < 4.78 is 15.1. The summed E-state index contributed by atoms with van der Waals surface area (Å²) >= 11 is 0. The molecule has 0 bridgehead atoms. The first-order valence-electron chi connectivity index (χ1n) is 13.4. The standard InChI is InChI=1S/C29H47FO4/c1-7-24(31)23(30)17-27(4)18(2)11-12-22-21(27)14-16-28(5)20(13-15-29(22,28)6)19(3)25(32)9-8-10-26(33)34/h8,10,18-20,23-25,31-32H,7,9,11-17H2,1-6H3,(H,33,34)/b10-8+/t18?,19-,20?,23+,24+,25?,27-,28+,29-/m0/s1. The van der Waals surface area contributed by atoms with Gasteiger partial charge in [0.15, 0.2) is 0 Å². The molecule has 3 unspecified atom stereocenters. The van der Waals surface area contributed by atoms with Crippen LogP contribution in [0.15, 0.2) is 23.3 Å². The molecule has 3 rings (SSSR count). The van der Waals surface area contributed by atoms with E-state index in [9.17, 15) is 15.0 Å². The van der Waals surface area contributed by atoms with E-state index in [0.29, 0.717) is 31.1 Å². The van der Waals surface area contributed by atoms with Gasteiger partial charge in [-0.25, -0.2) is 9.18 Å². The van der Waals surface area contributed by atoms with Crippen molar-refractivity contribution >= 4 is 5.97 Å². The maximum Gasteiger partial charge on any atom is 0.327 e. The molecule has 194 valence electrons. The lowest BCUT2D eigenvalue weighted by Crippen LogP contribution is -2.49. The number of carboxylic acid groups (broad SMARTS) is 1. The molecular formula is C29H47FO4. The van der Waals surface area contributed by atoms with Gasteiger partial charge >= 0.3 is 5.97 Å². The SMILES string of the molecule is CC[C@@H](O)[C@H](F)C[C@]1(C)C2=C(CCC1C)[C@]1(C)CCC([C@H](C)C(O)C/C=C/C(=O)O)[C@@]1(C)CC2. The second-order valence-electron chi connectivity index (χ2n) is 12.3. The summed E-state index contributed by atoms with van der Waals surface area (Å²) in [5, 5.41) is 29.9. The normalized spacial score (nSPS) is 39.4. The monoisotopic (exact) mass is 478 g/mol. The average Bonchev–Trinajstić information content (AvgIpc) is 3.06. The van der Waals surface area contributed by atoms with Crippen LogP contribution in [-0.4, -0.2) is 39.7 Å². The smallest absolute Gasteiger partial charge is 0.327 e. The fraction of sp³-hybridized carbons (Fsp3) is 0.828. The Bertz CT molecular complexity index is 821. The lowest BCUT2D eigenvalue weighted by atomic mass is 9.47. The molecule has 3 aliphatic carbocycles. The molecule has 4 nitrogen and oxygen atoms in total. The van der Waals surface area contributed by atoms with Crippen molar-refractivity contribution in [1.82, 2.24) is 0 Å². The fourth-order valence-corrected chi connectivity index (χ4v) is 8.07. The van der Waals surface area contributed by atoms with Crippen molar-refractivity contribution in [3.63, 3.8) is 0 Å². The number of aliphatic hydroxyl groups excluding tert-OH is 2. The van der Waals surface area contributed by atoms with Gasteiger partial charge in [-0.1, -0.05) is 58.8 Å². The van der Waals surface area contributed by atoms with E-state index in [-0.39, 0.29) is 22.2 Å². The van der Waals surface area contributed by atoms with Gasteiger partial charge in [-0.2, -0.15) is 0 Å². The maximum atomic E-state index is 15.1. The number of carboxylic acids is 1. The molecule has 5 heteroatoms. The van der Waals surface area contributed by atoms with Gasteiger partial charge in [-0.15, -0.1) is 0 Å². The topological polar surface area (TPSA) is 77.8 Å². The van der Waals surface area contributed by atoms with E-state index in [1.165, 1.54) is 11.1 Å². The molecule has 0 amide bonds. The van der Waals surface area contributed by atoms with Gasteiger partial charge in [0, 0.05) is 6.08 Å². The second-order valence-corrected chi connectivity index (χ2v) is 12.3. The molecule has 0 aromatic carbocycles. The Kier molecular flexibility index (Phi) is 8.09. The second kappa shape index (κ2) is 10.0. The summed E-state index contributed by atoms with van der Waals surface area (Å²) in [6, 6.07) is 0. The number of hydrogen-bond acceptors (Lipinski definition) is 3. The molecule has 34 heavy (non-hydrogen) atoms. The first kappa shape index (κ1) is 27.4. The Balaban J connectivity index is 1.90. The van der Waals surface area contributed by atoms with Gasteiger partial charge in [-0.3, -0.25) is 0 Å². The first-order valence-corrected chi connectivity index (χ1v) is 13.4. The fourth-order valence-electron chi connectivity index (χ4n) is 8.07. The lowest BCUT2D eigenvalue weighted by molar-refractivity contribution is -0.131. The number of rotatable bonds is 9. The quantitative estimate of drug-likeness (QED) is 0.262. The van der Waals surface area contributed by atoms with E-state index in [1.54, 1.807) is 6.08 Å². The molecule has 0 spiro atoms. The molecule has 0 aromatic rings. The Morgan fingerprint density at radius 2 is 1.79 bits per heavy atom. The number of aliphatic carboxylic acids is 1. The zero-order valence-electron chi connectivity index (χ0n) is 22.1. The van der Waals surface area contributed by atoms with Gasteiger partial charge in [0.1, 0.15) is 6.17 Å². The van der Waals surface area contributed by atoms with Crippen molar-refractivity contribution in [2.24, 2.45) is 34.0 Å². The molecule has 9 atom stereocenters. The van der Waals surface area contributed by atoms with Crippen LogP contribution in [0.5, 0.6) is 0 Å². The van der Waals surface area contributed by atoms with Crippen LogP contribution in [0.2, 0.25) is 0 Å². The number of alkyl halides is 1. The molecular weight excluding hydrogens is 431 g/mol. The first-order chi connectivity index (χ1) is 15.8. The minimum Gasteiger partial charge on any atom is -0.478 e. The van der Waals surface area contributed by atoms with Gasteiger partial charge in [0.25, 0.3) is 0 Å². The molecule has 3 N–H and O–H groups in total. The van der Waals surface area contributed by atoms with E-state index in [0.717, 1.165) is 44.6 Å². The molecule has 3 aliphatic rings. The van der Waals surface area contributed by atoms with E-state index in [1.807, 2.05) is 6.92 Å². The number of aliphatic hydroxyl groups is 2. The Hall–Kier alpha value is -1.20. The highest BCUT2D eigenvalue weighted by atomic mass is 19.1. The Morgan fingerprint density at radius 3 is 2.41 bits per heavy atom. The summed E-state index contributed by atoms with van der Waals surface area (Å²) in [4.78, 5) is 10.8. The van der Waals surface area contributed by atoms with Crippen LogP contribution in [0.3, 0.4) is 0 Å². The third-order valence-corrected chi connectivity index (χ3v) is 10.9. The number of carbonyl (C=O) groups is 1. The lowest BCUT2D eigenvalue weighted by Gasteiger charge is -2.57. The number of hydrogen-bond donors (Lipinski definition) is 3.